The van der Waals surface area contributed by atoms with Crippen LogP contribution in [0, 0.1) is 0 Å². The summed E-state index contributed by atoms with van der Waals surface area (Å²) in [6, 6.07) is -0.703. The summed E-state index contributed by atoms with van der Waals surface area (Å²) < 4.78 is 22.2. The summed E-state index contributed by atoms with van der Waals surface area (Å²) in [6.07, 6.45) is 1.03. The molecule has 0 radical (unpaired) electrons. The Hall–Kier alpha value is -0.910. The number of esters is 1. The molecule has 0 aromatic carbocycles. The predicted octanol–water partition coefficient (Wildman–Crippen LogP) is 0.961. The van der Waals surface area contributed by atoms with Crippen molar-refractivity contribution >= 4 is 19.8 Å². The van der Waals surface area contributed by atoms with Crippen LogP contribution in [0.25, 0.3) is 0 Å². The van der Waals surface area contributed by atoms with E-state index < -0.39 is 19.5 Å². The Kier molecular flexibility index (Phi) is 7.82. The van der Waals surface area contributed by atoms with Gasteiger partial charge in [-0.2, -0.15) is 0 Å². The maximum Gasteiger partial charge on any atom is 0.323 e. The van der Waals surface area contributed by atoms with Gasteiger partial charge < -0.3 is 14.6 Å². The zero-order valence-electron chi connectivity index (χ0n) is 11.5. The van der Waals surface area contributed by atoms with Crippen molar-refractivity contribution < 1.29 is 18.8 Å². The summed E-state index contributed by atoms with van der Waals surface area (Å²) >= 11 is 0. The first-order valence-electron chi connectivity index (χ1n) is 5.59. The average molecular weight is 279 g/mol. The molecule has 0 fully saturated rings. The van der Waals surface area contributed by atoms with Gasteiger partial charge in [0.1, 0.15) is 12.4 Å². The molecule has 0 bridgehead atoms. The molecule has 0 aliphatic carbocycles. The highest BCUT2D eigenvalue weighted by atomic mass is 31.2. The van der Waals surface area contributed by atoms with Gasteiger partial charge in [0.25, 0.3) is 7.44 Å². The van der Waals surface area contributed by atoms with Crippen molar-refractivity contribution in [2.75, 3.05) is 20.5 Å². The molecule has 0 rings (SSSR count). The van der Waals surface area contributed by atoms with Gasteiger partial charge >= 0.3 is 5.97 Å². The Morgan fingerprint density at radius 3 is 2.50 bits per heavy atom. The maximum atomic E-state index is 12.3. The normalized spacial score (nSPS) is 16.6. The van der Waals surface area contributed by atoms with Crippen LogP contribution in [0.15, 0.2) is 4.99 Å². The number of aliphatic imine (C=N–C) groups is 1. The van der Waals surface area contributed by atoms with Gasteiger partial charge in [0.05, 0.1) is 12.4 Å². The largest absolute Gasteiger partial charge is 0.462 e. The third-order valence-corrected chi connectivity index (χ3v) is 3.77. The first kappa shape index (κ1) is 17.1. The van der Waals surface area contributed by atoms with E-state index in [2.05, 4.69) is 15.2 Å². The molecule has 0 aliphatic rings. The number of rotatable bonds is 8. The fourth-order valence-corrected chi connectivity index (χ4v) is 2.76. The van der Waals surface area contributed by atoms with Gasteiger partial charge in [0.2, 0.25) is 0 Å². The van der Waals surface area contributed by atoms with Crippen molar-refractivity contribution in [1.29, 1.82) is 0 Å². The average Bonchev–Trinajstić information content (AvgIpc) is 2.25. The van der Waals surface area contributed by atoms with Crippen LogP contribution in [0.4, 0.5) is 0 Å². The van der Waals surface area contributed by atoms with E-state index in [1.54, 1.807) is 27.8 Å². The Morgan fingerprint density at radius 2 is 2.06 bits per heavy atom. The first-order valence-corrected chi connectivity index (χ1v) is 7.48. The van der Waals surface area contributed by atoms with Crippen LogP contribution in [0.1, 0.15) is 20.8 Å². The van der Waals surface area contributed by atoms with E-state index in [9.17, 15) is 9.36 Å². The maximum absolute atomic E-state index is 12.3. The second-order valence-electron chi connectivity index (χ2n) is 4.01. The third kappa shape index (κ3) is 6.74. The predicted molar refractivity (Wildman–Crippen MR) is 70.9 cm³/mol. The Morgan fingerprint density at radius 1 is 1.44 bits per heavy atom. The molecule has 0 heterocycles. The van der Waals surface area contributed by atoms with Crippen LogP contribution in [0.5, 0.6) is 0 Å². The lowest BCUT2D eigenvalue weighted by Crippen LogP contribution is -2.38. The second-order valence-corrected chi connectivity index (χ2v) is 6.26. The minimum Gasteiger partial charge on any atom is -0.462 e. The van der Waals surface area contributed by atoms with Crippen LogP contribution < -0.4 is 10.2 Å². The molecule has 1 unspecified atom stereocenters. The smallest absolute Gasteiger partial charge is 0.323 e. The molecule has 0 amide bonds. The minimum absolute atomic E-state index is 0.0572. The van der Waals surface area contributed by atoms with Gasteiger partial charge in [-0.1, -0.05) is 0 Å². The van der Waals surface area contributed by atoms with Gasteiger partial charge in [-0.15, -0.1) is 0 Å². The van der Waals surface area contributed by atoms with Crippen molar-refractivity contribution in [3.05, 3.63) is 0 Å². The molecule has 0 saturated heterocycles. The van der Waals surface area contributed by atoms with Crippen molar-refractivity contribution in [2.24, 2.45) is 4.99 Å². The lowest BCUT2D eigenvalue weighted by Gasteiger charge is -2.22. The number of hydrogen-bond acceptors (Lipinski definition) is 5. The third-order valence-electron chi connectivity index (χ3n) is 1.81. The molecule has 8 heteroatoms. The summed E-state index contributed by atoms with van der Waals surface area (Å²) in [4.78, 5) is 15.3. The number of nitrogens with zero attached hydrogens (tertiary/aromatic N) is 1. The first-order chi connectivity index (χ1) is 8.34. The zero-order valence-corrected chi connectivity index (χ0v) is 12.4. The quantitative estimate of drug-likeness (QED) is 0.298. The number of methoxy groups -OCH3 is 1. The number of nitrogens with one attached hydrogen (secondary N) is 2. The fraction of sp³-hybridized carbons (Fsp3) is 0.800. The number of carbonyl (C=O) groups excluding carboxylic acids is 1. The van der Waals surface area contributed by atoms with Gasteiger partial charge in [-0.3, -0.25) is 14.4 Å². The monoisotopic (exact) mass is 279 g/mol. The molecule has 0 saturated carbocycles. The second kappa shape index (κ2) is 8.24. The molecule has 18 heavy (non-hydrogen) atoms. The van der Waals surface area contributed by atoms with Crippen LogP contribution in [0.3, 0.4) is 0 Å². The summed E-state index contributed by atoms with van der Waals surface area (Å²) in [5, 5.41) is 5.29. The molecular weight excluding hydrogens is 257 g/mol. The summed E-state index contributed by atoms with van der Waals surface area (Å²) in [7, 11) is -0.0926. The molecular formula is C10H22N3O4P. The lowest BCUT2D eigenvalue weighted by atomic mass is 10.4. The van der Waals surface area contributed by atoms with Gasteiger partial charge in [-0.25, -0.2) is 5.09 Å². The number of ether oxygens (including phenoxy) is 2. The highest BCUT2D eigenvalue weighted by molar-refractivity contribution is 7.60. The van der Waals surface area contributed by atoms with E-state index in [1.165, 1.54) is 13.4 Å². The van der Waals surface area contributed by atoms with E-state index in [0.29, 0.717) is 0 Å². The molecule has 2 atom stereocenters. The fourth-order valence-electron chi connectivity index (χ4n) is 1.14. The van der Waals surface area contributed by atoms with Crippen molar-refractivity contribution in [3.8, 4) is 0 Å². The topological polar surface area (TPSA) is 89.0 Å². The Balaban J connectivity index is 4.57. The van der Waals surface area contributed by atoms with Gasteiger partial charge in [0.15, 0.2) is 0 Å². The highest BCUT2D eigenvalue weighted by Gasteiger charge is 2.27. The molecule has 7 nitrogen and oxygen atoms in total. The van der Waals surface area contributed by atoms with E-state index in [-0.39, 0.29) is 12.5 Å². The summed E-state index contributed by atoms with van der Waals surface area (Å²) in [5.41, 5.74) is 0. The molecule has 0 aromatic rings. The van der Waals surface area contributed by atoms with E-state index in [1.807, 2.05) is 0 Å². The number of carbonyl (C=O) groups is 1. The molecule has 106 valence electrons. The standard InChI is InChI=1S/C10H22N3O4P/c1-8(2)17-10(14)9(3)13-18(15,7-16-5)12-6-11-4/h6,8-9H,7H2,1-5H3,(H2,11,12,13,15)/t9-,18?/m0/s1. The Bertz CT molecular complexity index is 333. The van der Waals surface area contributed by atoms with E-state index >= 15 is 0 Å². The molecule has 0 aromatic heterocycles. The van der Waals surface area contributed by atoms with Crippen LogP contribution in [0.2, 0.25) is 0 Å². The SMILES string of the molecule is CN=CNP(=O)(COC)N[C@@H](C)C(=O)OC(C)C. The van der Waals surface area contributed by atoms with E-state index in [0.717, 1.165) is 0 Å². The van der Waals surface area contributed by atoms with Crippen molar-refractivity contribution in [1.82, 2.24) is 10.2 Å². The van der Waals surface area contributed by atoms with Crippen molar-refractivity contribution in [2.45, 2.75) is 32.9 Å². The minimum atomic E-state index is -3.06. The van der Waals surface area contributed by atoms with Crippen LogP contribution >= 0.6 is 7.44 Å². The molecule has 2 N–H and O–H groups in total. The van der Waals surface area contributed by atoms with Crippen LogP contribution in [-0.2, 0) is 18.8 Å². The number of hydrogen-bond donors (Lipinski definition) is 2. The molecule has 0 spiro atoms. The summed E-state index contributed by atoms with van der Waals surface area (Å²) in [5.74, 6) is -0.462. The van der Waals surface area contributed by atoms with Gasteiger partial charge in [0, 0.05) is 14.2 Å². The van der Waals surface area contributed by atoms with Crippen molar-refractivity contribution in [3.63, 3.8) is 0 Å². The Labute approximate surface area is 108 Å². The highest BCUT2D eigenvalue weighted by Crippen LogP contribution is 2.35. The molecule has 0 aliphatic heterocycles. The van der Waals surface area contributed by atoms with E-state index in [4.69, 9.17) is 9.47 Å². The summed E-state index contributed by atoms with van der Waals surface area (Å²) in [6.45, 7) is 5.08. The van der Waals surface area contributed by atoms with Gasteiger partial charge in [-0.05, 0) is 20.8 Å². The lowest BCUT2D eigenvalue weighted by molar-refractivity contribution is -0.148. The zero-order chi connectivity index (χ0) is 14.2. The van der Waals surface area contributed by atoms with Crippen LogP contribution in [-0.4, -0.2) is 45.0 Å².